The highest BCUT2D eigenvalue weighted by Crippen LogP contribution is 2.31. The van der Waals surface area contributed by atoms with E-state index in [0.717, 1.165) is 11.3 Å². The molecule has 0 N–H and O–H groups in total. The van der Waals surface area contributed by atoms with E-state index in [1.807, 2.05) is 24.4 Å². The van der Waals surface area contributed by atoms with Gasteiger partial charge < -0.3 is 0 Å². The monoisotopic (exact) mass is 505 g/mol. The lowest BCUT2D eigenvalue weighted by Gasteiger charge is -2.16. The smallest absolute Gasteiger partial charge is 0.0775 e. The predicted molar refractivity (Wildman–Crippen MR) is 166 cm³/mol. The van der Waals surface area contributed by atoms with E-state index in [0.29, 0.717) is 0 Å². The van der Waals surface area contributed by atoms with Gasteiger partial charge in [-0.3, -0.25) is 4.98 Å². The largest absolute Gasteiger partial charge is 0.256 e. The number of aromatic nitrogens is 1. The van der Waals surface area contributed by atoms with Gasteiger partial charge in [-0.05, 0) is 68.4 Å². The molecule has 0 atom stereocenters. The molecule has 0 fully saturated rings. The molecular weight excluding hydrogens is 474 g/mol. The van der Waals surface area contributed by atoms with Crippen LogP contribution in [0.1, 0.15) is 0 Å². The normalized spacial score (nSPS) is 11.6. The van der Waals surface area contributed by atoms with Gasteiger partial charge in [0.15, 0.2) is 0 Å². The molecule has 184 valence electrons. The van der Waals surface area contributed by atoms with Gasteiger partial charge >= 0.3 is 0 Å². The van der Waals surface area contributed by atoms with E-state index in [9.17, 15) is 0 Å². The average Bonchev–Trinajstić information content (AvgIpc) is 2.97. The molecule has 1 aromatic heterocycles. The van der Waals surface area contributed by atoms with Crippen molar-refractivity contribution in [2.45, 2.75) is 19.6 Å². The molecule has 0 saturated carbocycles. The molecule has 6 aromatic rings. The van der Waals surface area contributed by atoms with Crippen molar-refractivity contribution < 1.29 is 0 Å². The number of rotatable bonds is 5. The zero-order valence-corrected chi connectivity index (χ0v) is 23.1. The highest BCUT2D eigenvalue weighted by molar-refractivity contribution is 6.88. The minimum atomic E-state index is -1.27. The number of fused-ring (bicyclic) bond motifs is 1. The van der Waals surface area contributed by atoms with Crippen LogP contribution in [0.25, 0.3) is 55.4 Å². The fourth-order valence-electron chi connectivity index (χ4n) is 4.99. The quantitative estimate of drug-likeness (QED) is 0.213. The van der Waals surface area contributed by atoms with Crippen molar-refractivity contribution >= 4 is 24.0 Å². The summed E-state index contributed by atoms with van der Waals surface area (Å²) >= 11 is 0. The summed E-state index contributed by atoms with van der Waals surface area (Å²) in [5, 5.41) is 4.00. The van der Waals surface area contributed by atoms with Crippen molar-refractivity contribution in [3.63, 3.8) is 0 Å². The molecule has 0 saturated heterocycles. The van der Waals surface area contributed by atoms with Gasteiger partial charge in [0.25, 0.3) is 0 Å². The first-order chi connectivity index (χ1) is 18.4. The van der Waals surface area contributed by atoms with Crippen LogP contribution in [0.5, 0.6) is 0 Å². The molecule has 1 nitrogen and oxygen atoms in total. The van der Waals surface area contributed by atoms with Crippen LogP contribution >= 0.6 is 0 Å². The van der Waals surface area contributed by atoms with E-state index < -0.39 is 8.07 Å². The molecule has 0 aliphatic carbocycles. The maximum absolute atomic E-state index is 4.46. The highest BCUT2D eigenvalue weighted by atomic mass is 28.3. The van der Waals surface area contributed by atoms with Gasteiger partial charge in [-0.25, -0.2) is 0 Å². The summed E-state index contributed by atoms with van der Waals surface area (Å²) in [6, 6.07) is 46.2. The zero-order chi connectivity index (χ0) is 26.1. The van der Waals surface area contributed by atoms with E-state index in [-0.39, 0.29) is 0 Å². The number of pyridine rings is 1. The number of hydrogen-bond donors (Lipinski definition) is 0. The summed E-state index contributed by atoms with van der Waals surface area (Å²) in [6.45, 7) is 7.17. The fraction of sp³-hybridized carbons (Fsp3) is 0.0833. The van der Waals surface area contributed by atoms with Crippen LogP contribution in [-0.2, 0) is 0 Å². The molecule has 0 amide bonds. The molecule has 38 heavy (non-hydrogen) atoms. The van der Waals surface area contributed by atoms with Gasteiger partial charge in [0.05, 0.1) is 13.8 Å². The second-order valence-corrected chi connectivity index (χ2v) is 16.1. The minimum absolute atomic E-state index is 0.998. The summed E-state index contributed by atoms with van der Waals surface area (Å²) < 4.78 is 0. The molecule has 0 aliphatic heterocycles. The number of hydrogen-bond acceptors (Lipinski definition) is 1. The lowest BCUT2D eigenvalue weighted by molar-refractivity contribution is 1.33. The van der Waals surface area contributed by atoms with Gasteiger partial charge in [0.1, 0.15) is 0 Å². The summed E-state index contributed by atoms with van der Waals surface area (Å²) in [6.07, 6.45) is 1.84. The van der Waals surface area contributed by atoms with Gasteiger partial charge in [0, 0.05) is 11.8 Å². The van der Waals surface area contributed by atoms with Crippen LogP contribution in [0, 0.1) is 0 Å². The first kappa shape index (κ1) is 24.1. The Morgan fingerprint density at radius 2 is 0.842 bits per heavy atom. The molecule has 0 unspecified atom stereocenters. The Hall–Kier alpha value is -4.27. The summed E-state index contributed by atoms with van der Waals surface area (Å²) in [5.74, 6) is 0. The second kappa shape index (κ2) is 9.89. The lowest BCUT2D eigenvalue weighted by atomic mass is 9.96. The van der Waals surface area contributed by atoms with E-state index in [1.54, 1.807) is 0 Å². The molecule has 6 rings (SSSR count). The maximum atomic E-state index is 4.46. The summed E-state index contributed by atoms with van der Waals surface area (Å²) in [4.78, 5) is 4.46. The SMILES string of the molecule is C[Si](C)(C)c1ccc(-c2ccc(-c3ccc4cc(-c5ccc(-c6ccccn6)cc5)ccc4c3)cc2)cc1. The first-order valence-corrected chi connectivity index (χ1v) is 16.7. The van der Waals surface area contributed by atoms with E-state index in [2.05, 4.69) is 134 Å². The Kier molecular flexibility index (Phi) is 6.27. The Balaban J connectivity index is 1.23. The third-order valence-electron chi connectivity index (χ3n) is 7.32. The highest BCUT2D eigenvalue weighted by Gasteiger charge is 2.15. The Morgan fingerprint density at radius 3 is 1.29 bits per heavy atom. The van der Waals surface area contributed by atoms with Gasteiger partial charge in [-0.15, -0.1) is 0 Å². The minimum Gasteiger partial charge on any atom is -0.256 e. The Labute approximate surface area is 226 Å². The van der Waals surface area contributed by atoms with Crippen LogP contribution < -0.4 is 5.19 Å². The van der Waals surface area contributed by atoms with Gasteiger partial charge in [-0.2, -0.15) is 0 Å². The fourth-order valence-corrected chi connectivity index (χ4v) is 6.16. The first-order valence-electron chi connectivity index (χ1n) is 13.2. The standard InChI is InChI=1S/C36H31NSi/c1-38(2,3)35-21-19-27(20-22-35)26-7-9-28(10-8-26)31-15-17-34-25-32(16-18-33(34)24-31)29-11-13-30(14-12-29)36-6-4-5-23-37-36/h4-25H,1-3H3. The molecule has 0 aliphatic rings. The third-order valence-corrected chi connectivity index (χ3v) is 9.39. The summed E-state index contributed by atoms with van der Waals surface area (Å²) in [5.41, 5.74) is 9.58. The van der Waals surface area contributed by atoms with Crippen molar-refractivity contribution in [3.05, 3.63) is 134 Å². The lowest BCUT2D eigenvalue weighted by Crippen LogP contribution is -2.37. The molecule has 5 aromatic carbocycles. The van der Waals surface area contributed by atoms with Crippen LogP contribution in [0.15, 0.2) is 134 Å². The van der Waals surface area contributed by atoms with E-state index in [1.165, 1.54) is 49.3 Å². The van der Waals surface area contributed by atoms with Crippen molar-refractivity contribution in [1.29, 1.82) is 0 Å². The van der Waals surface area contributed by atoms with Crippen LogP contribution in [-0.4, -0.2) is 13.1 Å². The molecule has 0 bridgehead atoms. The molecule has 1 heterocycles. The van der Waals surface area contributed by atoms with E-state index >= 15 is 0 Å². The zero-order valence-electron chi connectivity index (χ0n) is 22.1. The molecule has 2 heteroatoms. The van der Waals surface area contributed by atoms with Crippen LogP contribution in [0.2, 0.25) is 19.6 Å². The third kappa shape index (κ3) is 4.96. The van der Waals surface area contributed by atoms with Crippen molar-refractivity contribution in [3.8, 4) is 44.6 Å². The Bertz CT molecular complexity index is 1690. The van der Waals surface area contributed by atoms with Crippen molar-refractivity contribution in [2.75, 3.05) is 0 Å². The number of nitrogens with zero attached hydrogens (tertiary/aromatic N) is 1. The molecule has 0 spiro atoms. The molecular formula is C36H31NSi. The average molecular weight is 506 g/mol. The van der Waals surface area contributed by atoms with Crippen LogP contribution in [0.3, 0.4) is 0 Å². The van der Waals surface area contributed by atoms with Gasteiger partial charge in [-0.1, -0.05) is 128 Å². The topological polar surface area (TPSA) is 12.9 Å². The predicted octanol–water partition coefficient (Wildman–Crippen LogP) is 9.45. The van der Waals surface area contributed by atoms with Crippen molar-refractivity contribution in [2.24, 2.45) is 0 Å². The van der Waals surface area contributed by atoms with E-state index in [4.69, 9.17) is 0 Å². The summed E-state index contributed by atoms with van der Waals surface area (Å²) in [7, 11) is -1.27. The Morgan fingerprint density at radius 1 is 0.421 bits per heavy atom. The molecule has 0 radical (unpaired) electrons. The van der Waals surface area contributed by atoms with Gasteiger partial charge in [0.2, 0.25) is 0 Å². The second-order valence-electron chi connectivity index (χ2n) is 11.0. The van der Waals surface area contributed by atoms with Crippen LogP contribution in [0.4, 0.5) is 0 Å². The maximum Gasteiger partial charge on any atom is 0.0775 e. The number of benzene rings is 5. The van der Waals surface area contributed by atoms with Crippen molar-refractivity contribution in [1.82, 2.24) is 4.98 Å².